The maximum absolute atomic E-state index is 12.1. The maximum Gasteiger partial charge on any atom is 0.229 e. The fourth-order valence-electron chi connectivity index (χ4n) is 2.74. The van der Waals surface area contributed by atoms with E-state index in [4.69, 9.17) is 0 Å². The summed E-state index contributed by atoms with van der Waals surface area (Å²) in [5.74, 6) is 0.736. The molecule has 6 nitrogen and oxygen atoms in total. The second kappa shape index (κ2) is 4.92. The summed E-state index contributed by atoms with van der Waals surface area (Å²) < 4.78 is 1.67. The van der Waals surface area contributed by atoms with Crippen LogP contribution in [0.2, 0.25) is 0 Å². The molecule has 1 aromatic rings. The zero-order chi connectivity index (χ0) is 14.3. The Kier molecular flexibility index (Phi) is 3.23. The number of rotatable bonds is 4. The number of amides is 2. The maximum atomic E-state index is 12.1. The third kappa shape index (κ3) is 2.55. The van der Waals surface area contributed by atoms with Crippen LogP contribution in [-0.2, 0) is 16.6 Å². The van der Waals surface area contributed by atoms with Crippen molar-refractivity contribution < 1.29 is 9.59 Å². The smallest absolute Gasteiger partial charge is 0.229 e. The summed E-state index contributed by atoms with van der Waals surface area (Å²) in [4.78, 5) is 25.8. The van der Waals surface area contributed by atoms with Gasteiger partial charge in [0.25, 0.3) is 0 Å². The minimum Gasteiger partial charge on any atom is -0.351 e. The van der Waals surface area contributed by atoms with Gasteiger partial charge in [-0.05, 0) is 18.8 Å². The second-order valence-corrected chi connectivity index (χ2v) is 5.91. The third-order valence-corrected chi connectivity index (χ3v) is 4.22. The zero-order valence-electron chi connectivity index (χ0n) is 11.9. The fourth-order valence-corrected chi connectivity index (χ4v) is 2.74. The van der Waals surface area contributed by atoms with E-state index in [0.29, 0.717) is 18.9 Å². The molecule has 0 spiro atoms. The van der Waals surface area contributed by atoms with Crippen molar-refractivity contribution in [3.8, 4) is 0 Å². The lowest BCUT2D eigenvalue weighted by atomic mass is 10.1. The Bertz CT molecular complexity index is 535. The van der Waals surface area contributed by atoms with Crippen LogP contribution >= 0.6 is 0 Å². The van der Waals surface area contributed by atoms with Crippen LogP contribution in [0.15, 0.2) is 12.4 Å². The van der Waals surface area contributed by atoms with E-state index in [1.165, 1.54) is 0 Å². The van der Waals surface area contributed by atoms with E-state index < -0.39 is 0 Å². The Morgan fingerprint density at radius 1 is 1.50 bits per heavy atom. The summed E-state index contributed by atoms with van der Waals surface area (Å²) in [5.41, 5.74) is 0.796. The van der Waals surface area contributed by atoms with Crippen molar-refractivity contribution in [2.75, 3.05) is 11.4 Å². The molecule has 1 saturated carbocycles. The highest BCUT2D eigenvalue weighted by molar-refractivity contribution is 5.96. The van der Waals surface area contributed by atoms with Gasteiger partial charge in [-0.2, -0.15) is 5.10 Å². The van der Waals surface area contributed by atoms with Crippen LogP contribution in [0.25, 0.3) is 0 Å². The Hall–Kier alpha value is -1.85. The lowest BCUT2D eigenvalue weighted by Crippen LogP contribution is -2.40. The first kappa shape index (κ1) is 13.1. The van der Waals surface area contributed by atoms with E-state index in [0.717, 1.165) is 18.5 Å². The molecule has 0 aromatic carbocycles. The molecular formula is C14H20N4O2. The van der Waals surface area contributed by atoms with E-state index in [-0.39, 0.29) is 23.8 Å². The van der Waals surface area contributed by atoms with Crippen LogP contribution in [0.4, 0.5) is 5.69 Å². The van der Waals surface area contributed by atoms with Gasteiger partial charge in [0, 0.05) is 32.1 Å². The van der Waals surface area contributed by atoms with E-state index in [2.05, 4.69) is 10.4 Å². The molecule has 1 aliphatic carbocycles. The van der Waals surface area contributed by atoms with Gasteiger partial charge in [0.1, 0.15) is 0 Å². The molecule has 2 heterocycles. The van der Waals surface area contributed by atoms with Crippen molar-refractivity contribution in [2.24, 2.45) is 18.9 Å². The Morgan fingerprint density at radius 3 is 2.85 bits per heavy atom. The molecule has 2 atom stereocenters. The summed E-state index contributed by atoms with van der Waals surface area (Å²) >= 11 is 0. The lowest BCUT2D eigenvalue weighted by Gasteiger charge is -2.17. The molecule has 1 N–H and O–H groups in total. The lowest BCUT2D eigenvalue weighted by molar-refractivity contribution is -0.125. The molecule has 20 heavy (non-hydrogen) atoms. The van der Waals surface area contributed by atoms with Crippen LogP contribution in [0.1, 0.15) is 26.2 Å². The zero-order valence-corrected chi connectivity index (χ0v) is 11.9. The molecule has 1 saturated heterocycles. The predicted molar refractivity (Wildman–Crippen MR) is 74.0 cm³/mol. The molecule has 108 valence electrons. The molecule has 2 aliphatic rings. The number of hydrogen-bond acceptors (Lipinski definition) is 3. The van der Waals surface area contributed by atoms with Gasteiger partial charge in [-0.25, -0.2) is 0 Å². The summed E-state index contributed by atoms with van der Waals surface area (Å²) in [6.07, 6.45) is 6.17. The Morgan fingerprint density at radius 2 is 2.25 bits per heavy atom. The van der Waals surface area contributed by atoms with Crippen molar-refractivity contribution in [3.05, 3.63) is 12.4 Å². The first-order chi connectivity index (χ1) is 9.54. The van der Waals surface area contributed by atoms with Crippen molar-refractivity contribution in [1.82, 2.24) is 15.1 Å². The first-order valence-corrected chi connectivity index (χ1v) is 7.14. The number of anilines is 1. The Labute approximate surface area is 118 Å². The van der Waals surface area contributed by atoms with Gasteiger partial charge in [0.15, 0.2) is 0 Å². The van der Waals surface area contributed by atoms with Gasteiger partial charge in [0.2, 0.25) is 11.8 Å². The molecule has 0 bridgehead atoms. The summed E-state index contributed by atoms with van der Waals surface area (Å²) in [7, 11) is 1.82. The number of carbonyl (C=O) groups excluding carboxylic acids is 2. The molecule has 2 fully saturated rings. The van der Waals surface area contributed by atoms with Crippen LogP contribution in [0, 0.1) is 11.8 Å². The molecule has 6 heteroatoms. The fraction of sp³-hybridized carbons (Fsp3) is 0.643. The average Bonchev–Trinajstić information content (AvgIpc) is 3.07. The average molecular weight is 276 g/mol. The summed E-state index contributed by atoms with van der Waals surface area (Å²) in [6.45, 7) is 2.51. The van der Waals surface area contributed by atoms with Gasteiger partial charge < -0.3 is 10.2 Å². The van der Waals surface area contributed by atoms with Gasteiger partial charge in [0.05, 0.1) is 17.9 Å². The molecule has 1 aromatic heterocycles. The van der Waals surface area contributed by atoms with Crippen LogP contribution < -0.4 is 10.2 Å². The minimum absolute atomic E-state index is 0.0439. The van der Waals surface area contributed by atoms with E-state index in [9.17, 15) is 9.59 Å². The molecule has 3 rings (SSSR count). The molecule has 2 unspecified atom stereocenters. The van der Waals surface area contributed by atoms with Crippen LogP contribution in [0.5, 0.6) is 0 Å². The van der Waals surface area contributed by atoms with E-state index >= 15 is 0 Å². The number of aryl methyl sites for hydroxylation is 1. The van der Waals surface area contributed by atoms with E-state index in [1.54, 1.807) is 15.8 Å². The normalized spacial score (nSPS) is 24.0. The van der Waals surface area contributed by atoms with Crippen molar-refractivity contribution >= 4 is 17.5 Å². The highest BCUT2D eigenvalue weighted by Crippen LogP contribution is 2.36. The standard InChI is InChI=1S/C14H20N4O2/c1-9(10-3-4-10)14(20)16-11-5-13(19)18(7-11)12-6-15-17(2)8-12/h6,8-11H,3-5,7H2,1-2H3,(H,16,20). The number of carbonyl (C=O) groups is 2. The highest BCUT2D eigenvalue weighted by Gasteiger charge is 2.36. The van der Waals surface area contributed by atoms with Crippen molar-refractivity contribution in [3.63, 3.8) is 0 Å². The third-order valence-electron chi connectivity index (χ3n) is 4.22. The number of nitrogens with zero attached hydrogens (tertiary/aromatic N) is 3. The largest absolute Gasteiger partial charge is 0.351 e. The second-order valence-electron chi connectivity index (χ2n) is 5.91. The molecule has 1 aliphatic heterocycles. The van der Waals surface area contributed by atoms with Gasteiger partial charge in [-0.15, -0.1) is 0 Å². The van der Waals surface area contributed by atoms with Gasteiger partial charge >= 0.3 is 0 Å². The van der Waals surface area contributed by atoms with Crippen LogP contribution in [-0.4, -0.2) is 34.2 Å². The summed E-state index contributed by atoms with van der Waals surface area (Å²) in [5, 5.41) is 7.09. The summed E-state index contributed by atoms with van der Waals surface area (Å²) in [6, 6.07) is -0.0867. The monoisotopic (exact) mass is 276 g/mol. The van der Waals surface area contributed by atoms with E-state index in [1.807, 2.05) is 20.2 Å². The Balaban J connectivity index is 1.60. The van der Waals surface area contributed by atoms with Gasteiger partial charge in [-0.1, -0.05) is 6.92 Å². The predicted octanol–water partition coefficient (Wildman–Crippen LogP) is 0.688. The molecule has 2 amide bonds. The SMILES string of the molecule is CC(C(=O)NC1CC(=O)N(c2cnn(C)c2)C1)C1CC1. The topological polar surface area (TPSA) is 67.2 Å². The number of aromatic nitrogens is 2. The first-order valence-electron chi connectivity index (χ1n) is 7.14. The minimum atomic E-state index is -0.0867. The van der Waals surface area contributed by atoms with Crippen LogP contribution in [0.3, 0.4) is 0 Å². The highest BCUT2D eigenvalue weighted by atomic mass is 16.2. The number of nitrogens with one attached hydrogen (secondary N) is 1. The molecule has 0 radical (unpaired) electrons. The van der Waals surface area contributed by atoms with Crippen molar-refractivity contribution in [1.29, 1.82) is 0 Å². The van der Waals surface area contributed by atoms with Crippen molar-refractivity contribution in [2.45, 2.75) is 32.2 Å². The van der Waals surface area contributed by atoms with Gasteiger partial charge in [-0.3, -0.25) is 14.3 Å². The molecular weight excluding hydrogens is 256 g/mol. The number of hydrogen-bond donors (Lipinski definition) is 1. The quantitative estimate of drug-likeness (QED) is 0.879.